The summed E-state index contributed by atoms with van der Waals surface area (Å²) in [5.74, 6) is -1.82. The number of hydrogen-bond acceptors (Lipinski definition) is 4. The van der Waals surface area contributed by atoms with Gasteiger partial charge in [-0.2, -0.15) is 0 Å². The van der Waals surface area contributed by atoms with Crippen LogP contribution in [-0.2, 0) is 13.0 Å². The van der Waals surface area contributed by atoms with Gasteiger partial charge in [0.25, 0.3) is 0 Å². The molecule has 2 heterocycles. The van der Waals surface area contributed by atoms with E-state index in [1.54, 1.807) is 4.57 Å². The molecule has 1 aliphatic rings. The van der Waals surface area contributed by atoms with E-state index in [9.17, 15) is 19.8 Å². The molecule has 0 radical (unpaired) electrons. The van der Waals surface area contributed by atoms with Crippen LogP contribution in [0.1, 0.15) is 43.1 Å². The molecule has 6 nitrogen and oxygen atoms in total. The second-order valence-electron chi connectivity index (χ2n) is 7.18. The van der Waals surface area contributed by atoms with Crippen molar-refractivity contribution in [3.63, 3.8) is 0 Å². The van der Waals surface area contributed by atoms with Gasteiger partial charge in [-0.15, -0.1) is 0 Å². The maximum Gasteiger partial charge on any atom is 0.341 e. The molecule has 1 fully saturated rings. The Bertz CT molecular complexity index is 953. The lowest BCUT2D eigenvalue weighted by molar-refractivity contribution is 0.0694. The average molecular weight is 376 g/mol. The zero-order valence-corrected chi connectivity index (χ0v) is 15.8. The maximum atomic E-state index is 15.1. The fraction of sp³-hybridized carbons (Fsp3) is 0.500. The second kappa shape index (κ2) is 7.31. The number of piperidine rings is 1. The summed E-state index contributed by atoms with van der Waals surface area (Å²) in [5.41, 5.74) is 0.723. The SMILES string of the molecule is CCc1c(N2CCC(O)C(C)C2)c(F)cc2c(=O)c(C(=O)O)cn(CC)c12. The standard InChI is InChI=1S/C20H25FN2O4/c1-4-12-17-13(19(25)14(20(26)27)10-22(17)5-2)8-15(21)18(12)23-7-6-16(24)11(3)9-23/h8,10-11,16,24H,4-7,9H2,1-3H3,(H,26,27). The highest BCUT2D eigenvalue weighted by atomic mass is 19.1. The Hall–Kier alpha value is -2.41. The van der Waals surface area contributed by atoms with Gasteiger partial charge in [0.2, 0.25) is 5.43 Å². The molecule has 0 saturated carbocycles. The zero-order valence-electron chi connectivity index (χ0n) is 15.8. The predicted molar refractivity (Wildman–Crippen MR) is 102 cm³/mol. The number of anilines is 1. The summed E-state index contributed by atoms with van der Waals surface area (Å²) in [5, 5.41) is 19.4. The third-order valence-electron chi connectivity index (χ3n) is 5.49. The number of aromatic carboxylic acids is 1. The molecule has 27 heavy (non-hydrogen) atoms. The first-order valence-corrected chi connectivity index (χ1v) is 9.34. The van der Waals surface area contributed by atoms with E-state index in [1.165, 1.54) is 12.3 Å². The van der Waals surface area contributed by atoms with Crippen molar-refractivity contribution in [2.24, 2.45) is 5.92 Å². The molecule has 0 amide bonds. The van der Waals surface area contributed by atoms with Crippen molar-refractivity contribution >= 4 is 22.6 Å². The van der Waals surface area contributed by atoms with Gasteiger partial charge in [0.1, 0.15) is 11.4 Å². The van der Waals surface area contributed by atoms with Crippen LogP contribution in [0.2, 0.25) is 0 Å². The molecule has 2 unspecified atom stereocenters. The normalized spacial score (nSPS) is 20.3. The van der Waals surface area contributed by atoms with E-state index in [1.807, 2.05) is 25.7 Å². The number of aryl methyl sites for hydroxylation is 2. The Kier molecular flexibility index (Phi) is 5.24. The summed E-state index contributed by atoms with van der Waals surface area (Å²) in [4.78, 5) is 26.0. The number of benzene rings is 1. The van der Waals surface area contributed by atoms with Crippen LogP contribution >= 0.6 is 0 Å². The lowest BCUT2D eigenvalue weighted by Crippen LogP contribution is -2.42. The molecule has 2 N–H and O–H groups in total. The number of hydrogen-bond donors (Lipinski definition) is 2. The van der Waals surface area contributed by atoms with E-state index in [0.717, 1.165) is 0 Å². The van der Waals surface area contributed by atoms with E-state index in [2.05, 4.69) is 0 Å². The lowest BCUT2D eigenvalue weighted by atomic mass is 9.94. The van der Waals surface area contributed by atoms with Crippen molar-refractivity contribution < 1.29 is 19.4 Å². The van der Waals surface area contributed by atoms with Crippen LogP contribution in [-0.4, -0.2) is 39.9 Å². The molecule has 1 aliphatic heterocycles. The number of rotatable bonds is 4. The summed E-state index contributed by atoms with van der Waals surface area (Å²) < 4.78 is 16.8. The average Bonchev–Trinajstić information content (AvgIpc) is 2.63. The lowest BCUT2D eigenvalue weighted by Gasteiger charge is -2.37. The number of carbonyl (C=O) groups is 1. The summed E-state index contributed by atoms with van der Waals surface area (Å²) >= 11 is 0. The quantitative estimate of drug-likeness (QED) is 0.857. The monoisotopic (exact) mass is 376 g/mol. The summed E-state index contributed by atoms with van der Waals surface area (Å²) in [7, 11) is 0. The minimum Gasteiger partial charge on any atom is -0.477 e. The first kappa shape index (κ1) is 19.4. The molecular weight excluding hydrogens is 351 g/mol. The Labute approximate surface area is 156 Å². The van der Waals surface area contributed by atoms with E-state index < -0.39 is 23.3 Å². The van der Waals surface area contributed by atoms with Gasteiger partial charge in [-0.3, -0.25) is 4.79 Å². The van der Waals surface area contributed by atoms with Crippen molar-refractivity contribution in [2.75, 3.05) is 18.0 Å². The third kappa shape index (κ3) is 3.20. The molecule has 2 atom stereocenters. The highest BCUT2D eigenvalue weighted by molar-refractivity contribution is 5.95. The molecular formula is C20H25FN2O4. The predicted octanol–water partition coefficient (Wildman–Crippen LogP) is 2.63. The maximum absolute atomic E-state index is 15.1. The van der Waals surface area contributed by atoms with E-state index in [-0.39, 0.29) is 16.9 Å². The fourth-order valence-electron chi connectivity index (χ4n) is 4.02. The molecule has 3 rings (SSSR count). The third-order valence-corrected chi connectivity index (χ3v) is 5.49. The van der Waals surface area contributed by atoms with Crippen LogP contribution in [0.5, 0.6) is 0 Å². The Morgan fingerprint density at radius 2 is 2.07 bits per heavy atom. The molecule has 0 bridgehead atoms. The Morgan fingerprint density at radius 1 is 1.37 bits per heavy atom. The summed E-state index contributed by atoms with van der Waals surface area (Å²) in [6.45, 7) is 7.21. The van der Waals surface area contributed by atoms with Crippen LogP contribution in [0.4, 0.5) is 10.1 Å². The number of aromatic nitrogens is 1. The molecule has 1 saturated heterocycles. The van der Waals surface area contributed by atoms with Crippen LogP contribution in [0.25, 0.3) is 10.9 Å². The number of fused-ring (bicyclic) bond motifs is 1. The minimum atomic E-state index is -1.31. The number of carboxylic acid groups (broad SMARTS) is 1. The zero-order chi connectivity index (χ0) is 19.9. The van der Waals surface area contributed by atoms with Gasteiger partial charge in [0.05, 0.1) is 17.3 Å². The minimum absolute atomic E-state index is 0.0151. The number of halogens is 1. The fourth-order valence-corrected chi connectivity index (χ4v) is 4.02. The smallest absolute Gasteiger partial charge is 0.341 e. The van der Waals surface area contributed by atoms with Gasteiger partial charge < -0.3 is 19.7 Å². The number of pyridine rings is 1. The second-order valence-corrected chi connectivity index (χ2v) is 7.18. The van der Waals surface area contributed by atoms with Gasteiger partial charge in [-0.05, 0) is 31.7 Å². The van der Waals surface area contributed by atoms with Crippen molar-refractivity contribution in [2.45, 2.75) is 46.3 Å². The number of carboxylic acids is 1. The molecule has 2 aromatic rings. The molecule has 7 heteroatoms. The van der Waals surface area contributed by atoms with Crippen molar-refractivity contribution in [1.82, 2.24) is 4.57 Å². The van der Waals surface area contributed by atoms with E-state index >= 15 is 4.39 Å². The summed E-state index contributed by atoms with van der Waals surface area (Å²) in [6, 6.07) is 1.17. The van der Waals surface area contributed by atoms with Crippen LogP contribution in [0.3, 0.4) is 0 Å². The molecule has 0 aliphatic carbocycles. The van der Waals surface area contributed by atoms with Crippen molar-refractivity contribution in [3.05, 3.63) is 39.4 Å². The molecule has 1 aromatic heterocycles. The topological polar surface area (TPSA) is 82.8 Å². The van der Waals surface area contributed by atoms with Gasteiger partial charge in [0, 0.05) is 36.8 Å². The molecule has 0 spiro atoms. The van der Waals surface area contributed by atoms with E-state index in [0.29, 0.717) is 49.2 Å². The molecule has 146 valence electrons. The van der Waals surface area contributed by atoms with Gasteiger partial charge in [-0.25, -0.2) is 9.18 Å². The van der Waals surface area contributed by atoms with Gasteiger partial charge in [-0.1, -0.05) is 13.8 Å². The molecule has 1 aromatic carbocycles. The van der Waals surface area contributed by atoms with Gasteiger partial charge >= 0.3 is 5.97 Å². The largest absolute Gasteiger partial charge is 0.477 e. The van der Waals surface area contributed by atoms with Crippen LogP contribution in [0.15, 0.2) is 17.1 Å². The first-order chi connectivity index (χ1) is 12.8. The number of nitrogens with zero attached hydrogens (tertiary/aromatic N) is 2. The van der Waals surface area contributed by atoms with Crippen molar-refractivity contribution in [1.29, 1.82) is 0 Å². The van der Waals surface area contributed by atoms with Crippen LogP contribution in [0, 0.1) is 11.7 Å². The Morgan fingerprint density at radius 3 is 2.63 bits per heavy atom. The van der Waals surface area contributed by atoms with Crippen molar-refractivity contribution in [3.8, 4) is 0 Å². The Balaban J connectivity index is 2.31. The number of aliphatic hydroxyl groups excluding tert-OH is 1. The van der Waals surface area contributed by atoms with Gasteiger partial charge in [0.15, 0.2) is 0 Å². The summed E-state index contributed by atoms with van der Waals surface area (Å²) in [6.07, 6.45) is 2.00. The number of aliphatic hydroxyl groups is 1. The highest BCUT2D eigenvalue weighted by Gasteiger charge is 2.29. The first-order valence-electron chi connectivity index (χ1n) is 9.34. The highest BCUT2D eigenvalue weighted by Crippen LogP contribution is 2.34. The van der Waals surface area contributed by atoms with Crippen LogP contribution < -0.4 is 10.3 Å². The van der Waals surface area contributed by atoms with E-state index in [4.69, 9.17) is 0 Å².